The first-order valence-electron chi connectivity index (χ1n) is 5.50. The number of carbonyl (C=O) groups excluding carboxylic acids is 2. The Hall–Kier alpha value is -0.0800. The molecule has 0 heterocycles. The van der Waals surface area contributed by atoms with Crippen molar-refractivity contribution in [2.75, 3.05) is 0 Å². The molecule has 1 fully saturated rings. The van der Waals surface area contributed by atoms with Crippen LogP contribution in [-0.2, 0) is 9.59 Å². The molecule has 0 aromatic heterocycles. The van der Waals surface area contributed by atoms with Crippen molar-refractivity contribution in [1.29, 1.82) is 0 Å². The fourth-order valence-corrected chi connectivity index (χ4v) is 2.57. The van der Waals surface area contributed by atoms with Crippen LogP contribution in [0, 0.1) is 11.8 Å². The lowest BCUT2D eigenvalue weighted by atomic mass is 9.97. The molecule has 1 saturated carbocycles. The molecule has 0 amide bonds. The average Bonchev–Trinajstić information content (AvgIpc) is 2.27. The summed E-state index contributed by atoms with van der Waals surface area (Å²) in [5.74, 6) is -0.0355. The summed E-state index contributed by atoms with van der Waals surface area (Å²) in [6.45, 7) is 0. The molecule has 0 aromatic carbocycles. The summed E-state index contributed by atoms with van der Waals surface area (Å²) in [5.41, 5.74) is 0. The van der Waals surface area contributed by atoms with E-state index in [1.807, 2.05) is 0 Å². The van der Waals surface area contributed by atoms with Crippen molar-refractivity contribution in [3.05, 3.63) is 0 Å². The lowest BCUT2D eigenvalue weighted by molar-refractivity contribution is -0.115. The van der Waals surface area contributed by atoms with E-state index >= 15 is 0 Å². The summed E-state index contributed by atoms with van der Waals surface area (Å²) < 4.78 is 0. The van der Waals surface area contributed by atoms with Gasteiger partial charge in [0.25, 0.3) is 0 Å². The smallest absolute Gasteiger partial charge is 0.224 e. The Kier molecular flexibility index (Phi) is 5.62. The van der Waals surface area contributed by atoms with E-state index in [9.17, 15) is 9.59 Å². The van der Waals surface area contributed by atoms with Gasteiger partial charge in [-0.3, -0.25) is 9.59 Å². The molecule has 0 bridgehead atoms. The van der Waals surface area contributed by atoms with Gasteiger partial charge in [-0.2, -0.15) is 0 Å². The Balaban J connectivity index is 2.48. The first-order chi connectivity index (χ1) is 7.11. The molecule has 86 valence electrons. The van der Waals surface area contributed by atoms with Crippen molar-refractivity contribution in [3.8, 4) is 0 Å². The topological polar surface area (TPSA) is 34.1 Å². The summed E-state index contributed by atoms with van der Waals surface area (Å²) in [6.07, 6.45) is 6.09. The van der Waals surface area contributed by atoms with Gasteiger partial charge in [0.1, 0.15) is 0 Å². The zero-order valence-electron chi connectivity index (χ0n) is 8.68. The Morgan fingerprint density at radius 3 is 1.40 bits per heavy atom. The van der Waals surface area contributed by atoms with E-state index in [0.717, 1.165) is 44.9 Å². The van der Waals surface area contributed by atoms with E-state index in [-0.39, 0.29) is 22.3 Å². The molecule has 1 unspecified atom stereocenters. The highest BCUT2D eigenvalue weighted by atomic mass is 35.5. The SMILES string of the molecule is O=C(Cl)C1CCCC[C@H](C(=O)Cl)CCC1. The molecule has 0 aromatic rings. The van der Waals surface area contributed by atoms with Crippen LogP contribution in [0.2, 0.25) is 0 Å². The Bertz CT molecular complexity index is 217. The van der Waals surface area contributed by atoms with Crippen LogP contribution in [0.15, 0.2) is 0 Å². The van der Waals surface area contributed by atoms with Gasteiger partial charge in [-0.15, -0.1) is 0 Å². The second kappa shape index (κ2) is 6.49. The quantitative estimate of drug-likeness (QED) is 0.704. The highest BCUT2D eigenvalue weighted by Gasteiger charge is 2.22. The molecule has 1 rings (SSSR count). The molecule has 1 aliphatic rings. The molecule has 0 aliphatic heterocycles. The van der Waals surface area contributed by atoms with Crippen LogP contribution in [0.1, 0.15) is 44.9 Å². The standard InChI is InChI=1S/C11H16Cl2O2/c12-10(14)8-4-1-2-5-9(11(13)15)7-3-6-8/h8-9H,1-7H2/t8-,9?/m0/s1. The molecular formula is C11H16Cl2O2. The van der Waals surface area contributed by atoms with Gasteiger partial charge < -0.3 is 0 Å². The average molecular weight is 251 g/mol. The molecule has 1 aliphatic carbocycles. The van der Waals surface area contributed by atoms with Gasteiger partial charge in [-0.05, 0) is 48.9 Å². The maximum Gasteiger partial charge on any atom is 0.224 e. The minimum absolute atomic E-state index is 0.0177. The van der Waals surface area contributed by atoms with Crippen LogP contribution < -0.4 is 0 Å². The molecule has 15 heavy (non-hydrogen) atoms. The first-order valence-corrected chi connectivity index (χ1v) is 6.25. The Morgan fingerprint density at radius 2 is 1.07 bits per heavy atom. The fraction of sp³-hybridized carbons (Fsp3) is 0.818. The molecule has 2 nitrogen and oxygen atoms in total. The summed E-state index contributed by atoms with van der Waals surface area (Å²) in [4.78, 5) is 22.1. The third kappa shape index (κ3) is 4.52. The van der Waals surface area contributed by atoms with Crippen LogP contribution in [0.3, 0.4) is 0 Å². The number of hydrogen-bond acceptors (Lipinski definition) is 2. The van der Waals surface area contributed by atoms with Crippen LogP contribution >= 0.6 is 23.2 Å². The van der Waals surface area contributed by atoms with Crippen molar-refractivity contribution in [1.82, 2.24) is 0 Å². The molecule has 4 heteroatoms. The van der Waals surface area contributed by atoms with Crippen LogP contribution in [0.25, 0.3) is 0 Å². The maximum absolute atomic E-state index is 11.1. The molecule has 0 radical (unpaired) electrons. The van der Waals surface area contributed by atoms with Crippen molar-refractivity contribution in [2.45, 2.75) is 44.9 Å². The predicted molar refractivity (Wildman–Crippen MR) is 61.0 cm³/mol. The molecule has 0 spiro atoms. The molecule has 2 atom stereocenters. The molecule has 0 saturated heterocycles. The number of rotatable bonds is 2. The van der Waals surface area contributed by atoms with Crippen LogP contribution in [-0.4, -0.2) is 10.5 Å². The van der Waals surface area contributed by atoms with Gasteiger partial charge in [-0.25, -0.2) is 0 Å². The van der Waals surface area contributed by atoms with Gasteiger partial charge in [0.15, 0.2) is 0 Å². The fourth-order valence-electron chi connectivity index (χ4n) is 2.13. The lowest BCUT2D eigenvalue weighted by Gasteiger charge is -2.10. The van der Waals surface area contributed by atoms with Gasteiger partial charge >= 0.3 is 0 Å². The van der Waals surface area contributed by atoms with Crippen LogP contribution in [0.4, 0.5) is 0 Å². The lowest BCUT2D eigenvalue weighted by Crippen LogP contribution is -2.09. The molecular weight excluding hydrogens is 235 g/mol. The normalized spacial score (nSPS) is 28.7. The minimum Gasteiger partial charge on any atom is -0.281 e. The Labute approximate surface area is 100 Å². The summed E-state index contributed by atoms with van der Waals surface area (Å²) in [6, 6.07) is 0. The van der Waals surface area contributed by atoms with Gasteiger partial charge in [-0.1, -0.05) is 19.3 Å². The second-order valence-electron chi connectivity index (χ2n) is 4.22. The highest BCUT2D eigenvalue weighted by Crippen LogP contribution is 2.27. The second-order valence-corrected chi connectivity index (χ2v) is 4.96. The van der Waals surface area contributed by atoms with Crippen LogP contribution in [0.5, 0.6) is 0 Å². The minimum atomic E-state index is -0.231. The van der Waals surface area contributed by atoms with Crippen molar-refractivity contribution >= 4 is 33.7 Å². The molecule has 0 N–H and O–H groups in total. The number of hydrogen-bond donors (Lipinski definition) is 0. The number of carbonyl (C=O) groups is 2. The van der Waals surface area contributed by atoms with E-state index in [1.54, 1.807) is 0 Å². The van der Waals surface area contributed by atoms with E-state index in [4.69, 9.17) is 23.2 Å². The third-order valence-corrected chi connectivity index (χ3v) is 3.72. The van der Waals surface area contributed by atoms with E-state index < -0.39 is 0 Å². The van der Waals surface area contributed by atoms with E-state index in [0.29, 0.717) is 0 Å². The van der Waals surface area contributed by atoms with Gasteiger partial charge in [0.2, 0.25) is 10.5 Å². The van der Waals surface area contributed by atoms with E-state index in [1.165, 1.54) is 0 Å². The number of halogens is 2. The predicted octanol–water partition coefficient (Wildman–Crippen LogP) is 3.49. The van der Waals surface area contributed by atoms with Gasteiger partial charge in [0, 0.05) is 11.8 Å². The summed E-state index contributed by atoms with van der Waals surface area (Å²) in [5, 5.41) is -0.462. The van der Waals surface area contributed by atoms with Crippen molar-refractivity contribution < 1.29 is 9.59 Å². The monoisotopic (exact) mass is 250 g/mol. The third-order valence-electron chi connectivity index (χ3n) is 3.10. The van der Waals surface area contributed by atoms with E-state index in [2.05, 4.69) is 0 Å². The zero-order chi connectivity index (χ0) is 11.3. The highest BCUT2D eigenvalue weighted by molar-refractivity contribution is 6.64. The largest absolute Gasteiger partial charge is 0.281 e. The van der Waals surface area contributed by atoms with Crippen molar-refractivity contribution in [3.63, 3.8) is 0 Å². The summed E-state index contributed by atoms with van der Waals surface area (Å²) >= 11 is 11.0. The zero-order valence-corrected chi connectivity index (χ0v) is 10.2. The van der Waals surface area contributed by atoms with Crippen molar-refractivity contribution in [2.24, 2.45) is 11.8 Å². The summed E-state index contributed by atoms with van der Waals surface area (Å²) in [7, 11) is 0. The Morgan fingerprint density at radius 1 is 0.733 bits per heavy atom. The first kappa shape index (κ1) is 13.0. The maximum atomic E-state index is 11.1. The van der Waals surface area contributed by atoms with Gasteiger partial charge in [0.05, 0.1) is 0 Å².